The van der Waals surface area contributed by atoms with Crippen LogP contribution in [-0.4, -0.2) is 55.2 Å². The summed E-state index contributed by atoms with van der Waals surface area (Å²) in [4.78, 5) is 18.9. The number of phenols is 1. The van der Waals surface area contributed by atoms with Crippen LogP contribution in [0.15, 0.2) is 42.5 Å². The number of carbonyl (C=O) groups is 1. The van der Waals surface area contributed by atoms with Gasteiger partial charge in [0.05, 0.1) is 5.69 Å². The van der Waals surface area contributed by atoms with Crippen molar-refractivity contribution in [2.24, 2.45) is 0 Å². The van der Waals surface area contributed by atoms with Gasteiger partial charge in [-0.15, -0.1) is 0 Å². The van der Waals surface area contributed by atoms with Gasteiger partial charge in [0.1, 0.15) is 11.6 Å². The number of fused-ring (bicyclic) bond motifs is 1. The molecule has 148 valence electrons. The number of amides is 1. The summed E-state index contributed by atoms with van der Waals surface area (Å²) in [6.07, 6.45) is 2.18. The highest BCUT2D eigenvalue weighted by atomic mass is 19.1. The summed E-state index contributed by atoms with van der Waals surface area (Å²) < 4.78 is 13.1. The zero-order valence-corrected chi connectivity index (χ0v) is 16.0. The Hall–Kier alpha value is -2.60. The fourth-order valence-corrected chi connectivity index (χ4v) is 4.10. The highest BCUT2D eigenvalue weighted by Crippen LogP contribution is 2.31. The molecule has 1 amide bonds. The monoisotopic (exact) mass is 383 g/mol. The maximum Gasteiger partial charge on any atom is 0.227 e. The first kappa shape index (κ1) is 18.7. The summed E-state index contributed by atoms with van der Waals surface area (Å²) in [5.74, 6) is 0.138. The third-order valence-corrected chi connectivity index (χ3v) is 5.69. The number of hydrogen-bond acceptors (Lipinski definition) is 4. The molecule has 2 aromatic carbocycles. The predicted molar refractivity (Wildman–Crippen MR) is 108 cm³/mol. The first-order valence-electron chi connectivity index (χ1n) is 9.95. The van der Waals surface area contributed by atoms with E-state index in [-0.39, 0.29) is 17.5 Å². The smallest absolute Gasteiger partial charge is 0.227 e. The zero-order valence-electron chi connectivity index (χ0n) is 16.0. The van der Waals surface area contributed by atoms with Gasteiger partial charge in [-0.2, -0.15) is 0 Å². The van der Waals surface area contributed by atoms with Crippen molar-refractivity contribution in [3.63, 3.8) is 0 Å². The van der Waals surface area contributed by atoms with Crippen LogP contribution in [0.4, 0.5) is 15.8 Å². The van der Waals surface area contributed by atoms with Gasteiger partial charge in [0.2, 0.25) is 5.91 Å². The maximum absolute atomic E-state index is 13.1. The molecule has 0 aromatic heterocycles. The molecular weight excluding hydrogens is 357 g/mol. The molecule has 0 unspecified atom stereocenters. The van der Waals surface area contributed by atoms with E-state index in [4.69, 9.17) is 0 Å². The Morgan fingerprint density at radius 1 is 0.929 bits per heavy atom. The Kier molecular flexibility index (Phi) is 5.48. The number of halogens is 1. The number of hydrogen-bond donors (Lipinski definition) is 1. The number of phenolic OH excluding ortho intramolecular Hbond substituents is 1. The Labute approximate surface area is 165 Å². The van der Waals surface area contributed by atoms with Crippen molar-refractivity contribution in [1.29, 1.82) is 0 Å². The van der Waals surface area contributed by atoms with E-state index < -0.39 is 0 Å². The first-order valence-corrected chi connectivity index (χ1v) is 9.95. The second kappa shape index (κ2) is 8.19. The SMILES string of the molecule is O=C1CCc2ccc(O)cc2N1CCCN1CCN(c2ccc(F)cc2)CC1. The fourth-order valence-electron chi connectivity index (χ4n) is 4.10. The standard InChI is InChI=1S/C22H26FN3O2/c23-18-4-6-19(7-5-18)25-14-12-24(13-15-25)10-1-11-26-21-16-20(27)8-2-17(21)3-9-22(26)28/h2,4-8,16,27H,1,3,9-15H2. The number of rotatable bonds is 5. The molecule has 0 bridgehead atoms. The molecule has 2 aliphatic heterocycles. The lowest BCUT2D eigenvalue weighted by atomic mass is 10.0. The maximum atomic E-state index is 13.1. The van der Waals surface area contributed by atoms with E-state index in [2.05, 4.69) is 9.80 Å². The number of aromatic hydroxyl groups is 1. The molecule has 1 fully saturated rings. The number of benzene rings is 2. The molecule has 5 nitrogen and oxygen atoms in total. The molecular formula is C22H26FN3O2. The Morgan fingerprint density at radius 3 is 2.43 bits per heavy atom. The van der Waals surface area contributed by atoms with Crippen LogP contribution in [0.3, 0.4) is 0 Å². The molecule has 2 aliphatic rings. The van der Waals surface area contributed by atoms with Crippen molar-refractivity contribution < 1.29 is 14.3 Å². The van der Waals surface area contributed by atoms with Crippen molar-refractivity contribution in [3.8, 4) is 5.75 Å². The van der Waals surface area contributed by atoms with Gasteiger partial charge < -0.3 is 14.9 Å². The third kappa shape index (κ3) is 4.12. The van der Waals surface area contributed by atoms with E-state index in [1.54, 1.807) is 12.1 Å². The number of piperazine rings is 1. The van der Waals surface area contributed by atoms with Gasteiger partial charge >= 0.3 is 0 Å². The van der Waals surface area contributed by atoms with Crippen LogP contribution in [0.25, 0.3) is 0 Å². The van der Waals surface area contributed by atoms with Crippen molar-refractivity contribution in [3.05, 3.63) is 53.8 Å². The molecule has 1 saturated heterocycles. The molecule has 1 N–H and O–H groups in total. The minimum atomic E-state index is -0.204. The van der Waals surface area contributed by atoms with E-state index in [9.17, 15) is 14.3 Å². The molecule has 0 aliphatic carbocycles. The van der Waals surface area contributed by atoms with Crippen LogP contribution in [-0.2, 0) is 11.2 Å². The van der Waals surface area contributed by atoms with E-state index in [1.807, 2.05) is 23.1 Å². The van der Waals surface area contributed by atoms with Crippen molar-refractivity contribution >= 4 is 17.3 Å². The van der Waals surface area contributed by atoms with Crippen molar-refractivity contribution in [2.75, 3.05) is 49.1 Å². The summed E-state index contributed by atoms with van der Waals surface area (Å²) in [5, 5.41) is 9.78. The summed E-state index contributed by atoms with van der Waals surface area (Å²) in [7, 11) is 0. The lowest BCUT2D eigenvalue weighted by molar-refractivity contribution is -0.118. The zero-order chi connectivity index (χ0) is 19.5. The quantitative estimate of drug-likeness (QED) is 0.862. The average Bonchev–Trinajstić information content (AvgIpc) is 2.71. The normalized spacial score (nSPS) is 17.7. The molecule has 2 heterocycles. The average molecular weight is 383 g/mol. The summed E-state index contributed by atoms with van der Waals surface area (Å²) in [5.41, 5.74) is 3.05. The van der Waals surface area contributed by atoms with E-state index >= 15 is 0 Å². The molecule has 0 spiro atoms. The number of carbonyl (C=O) groups excluding carboxylic acids is 1. The van der Waals surface area contributed by atoms with E-state index in [1.165, 1.54) is 12.1 Å². The van der Waals surface area contributed by atoms with E-state index in [0.29, 0.717) is 13.0 Å². The second-order valence-electron chi connectivity index (χ2n) is 7.52. The van der Waals surface area contributed by atoms with Crippen LogP contribution in [0.5, 0.6) is 5.75 Å². The summed E-state index contributed by atoms with van der Waals surface area (Å²) in [6, 6.07) is 12.0. The summed E-state index contributed by atoms with van der Waals surface area (Å²) >= 11 is 0. The molecule has 6 heteroatoms. The predicted octanol–water partition coefficient (Wildman–Crippen LogP) is 3.02. The van der Waals surface area contributed by atoms with Gasteiger partial charge in [-0.25, -0.2) is 4.39 Å². The van der Waals surface area contributed by atoms with E-state index in [0.717, 1.165) is 62.5 Å². The van der Waals surface area contributed by atoms with Crippen LogP contribution in [0.2, 0.25) is 0 Å². The Morgan fingerprint density at radius 2 is 1.68 bits per heavy atom. The van der Waals surface area contributed by atoms with Crippen LogP contribution < -0.4 is 9.80 Å². The van der Waals surface area contributed by atoms with Gasteiger partial charge in [0.25, 0.3) is 0 Å². The van der Waals surface area contributed by atoms with Gasteiger partial charge in [-0.1, -0.05) is 6.07 Å². The van der Waals surface area contributed by atoms with Crippen molar-refractivity contribution in [2.45, 2.75) is 19.3 Å². The molecule has 2 aromatic rings. The number of aryl methyl sites for hydroxylation is 1. The first-order chi connectivity index (χ1) is 13.6. The van der Waals surface area contributed by atoms with Crippen molar-refractivity contribution in [1.82, 2.24) is 4.90 Å². The lowest BCUT2D eigenvalue weighted by Gasteiger charge is -2.36. The topological polar surface area (TPSA) is 47.0 Å². The molecule has 4 rings (SSSR count). The highest BCUT2D eigenvalue weighted by Gasteiger charge is 2.24. The third-order valence-electron chi connectivity index (χ3n) is 5.69. The van der Waals surface area contributed by atoms with Gasteiger partial charge in [-0.3, -0.25) is 9.69 Å². The number of anilines is 2. The lowest BCUT2D eigenvalue weighted by Crippen LogP contribution is -2.47. The second-order valence-corrected chi connectivity index (χ2v) is 7.52. The van der Waals surface area contributed by atoms with Crippen LogP contribution in [0, 0.1) is 5.82 Å². The van der Waals surface area contributed by atoms with Gasteiger partial charge in [-0.05, 0) is 55.3 Å². The molecule has 28 heavy (non-hydrogen) atoms. The Bertz CT molecular complexity index is 832. The largest absolute Gasteiger partial charge is 0.508 e. The minimum absolute atomic E-state index is 0.138. The molecule has 0 saturated carbocycles. The highest BCUT2D eigenvalue weighted by molar-refractivity contribution is 5.96. The fraction of sp³-hybridized carbons (Fsp3) is 0.409. The summed E-state index contributed by atoms with van der Waals surface area (Å²) in [6.45, 7) is 5.38. The van der Waals surface area contributed by atoms with Crippen LogP contribution in [0.1, 0.15) is 18.4 Å². The minimum Gasteiger partial charge on any atom is -0.508 e. The molecule has 0 radical (unpaired) electrons. The Balaban J connectivity index is 1.28. The van der Waals surface area contributed by atoms with Gasteiger partial charge in [0, 0.05) is 50.9 Å². The van der Waals surface area contributed by atoms with Crippen LogP contribution >= 0.6 is 0 Å². The molecule has 0 atom stereocenters. The van der Waals surface area contributed by atoms with Gasteiger partial charge in [0.15, 0.2) is 0 Å². The number of nitrogens with zero attached hydrogens (tertiary/aromatic N) is 3.